The van der Waals surface area contributed by atoms with E-state index in [9.17, 15) is 0 Å². The summed E-state index contributed by atoms with van der Waals surface area (Å²) in [7, 11) is 0. The minimum atomic E-state index is 0.749. The molecule has 0 heterocycles. The summed E-state index contributed by atoms with van der Waals surface area (Å²) in [6.07, 6.45) is 4.60. The van der Waals surface area contributed by atoms with E-state index in [2.05, 4.69) is 51.3 Å². The molecular weight excluding hydrogens is 212 g/mol. The smallest absolute Gasteiger partial charge is 0.00414 e. The van der Waals surface area contributed by atoms with Gasteiger partial charge in [0.2, 0.25) is 0 Å². The third-order valence-corrected chi connectivity index (χ3v) is 3.57. The number of hydrogen-bond acceptors (Lipinski definition) is 1. The van der Waals surface area contributed by atoms with E-state index in [4.69, 9.17) is 0 Å². The number of rotatable bonds is 6. The van der Waals surface area contributed by atoms with E-state index in [0.29, 0.717) is 0 Å². The molecule has 0 aliphatic rings. The lowest BCUT2D eigenvalue weighted by molar-refractivity contribution is 0.640. The molecule has 0 aliphatic carbocycles. The predicted molar refractivity (Wildman–Crippen MR) is 76.2 cm³/mol. The summed E-state index contributed by atoms with van der Waals surface area (Å²) in [6, 6.07) is 9.11. The van der Waals surface area contributed by atoms with Gasteiger partial charge in [0, 0.05) is 0 Å². The van der Waals surface area contributed by atoms with Crippen LogP contribution < -0.4 is 0 Å². The zero-order valence-corrected chi connectivity index (χ0v) is 11.8. The van der Waals surface area contributed by atoms with Gasteiger partial charge < -0.3 is 0 Å². The Kier molecular flexibility index (Phi) is 5.97. The first-order chi connectivity index (χ1) is 7.61. The quantitative estimate of drug-likeness (QED) is 0.704. The fourth-order valence-corrected chi connectivity index (χ4v) is 2.79. The fourth-order valence-electron chi connectivity index (χ4n) is 2.10. The first-order valence-electron chi connectivity index (χ1n) is 6.18. The number of hydrogen-bond donors (Lipinski definition) is 0. The molecule has 1 aromatic carbocycles. The maximum atomic E-state index is 2.39. The molecule has 0 N–H and O–H groups in total. The van der Waals surface area contributed by atoms with Crippen LogP contribution in [0.1, 0.15) is 31.9 Å². The van der Waals surface area contributed by atoms with Crippen LogP contribution in [-0.2, 0) is 12.8 Å². The molecule has 1 rings (SSSR count). The van der Waals surface area contributed by atoms with Gasteiger partial charge in [-0.2, -0.15) is 11.8 Å². The van der Waals surface area contributed by atoms with E-state index in [-0.39, 0.29) is 0 Å². The molecule has 0 saturated heterocycles. The molecule has 1 heteroatoms. The lowest BCUT2D eigenvalue weighted by atomic mass is 9.97. The monoisotopic (exact) mass is 236 g/mol. The lowest BCUT2D eigenvalue weighted by Gasteiger charge is -2.11. The van der Waals surface area contributed by atoms with Gasteiger partial charge in [-0.15, -0.1) is 0 Å². The van der Waals surface area contributed by atoms with Gasteiger partial charge in [0.15, 0.2) is 0 Å². The normalized spacial score (nSPS) is 13.1. The average Bonchev–Trinajstić information content (AvgIpc) is 2.17. The van der Waals surface area contributed by atoms with E-state index < -0.39 is 0 Å². The largest absolute Gasteiger partial charge is 0.165 e. The van der Waals surface area contributed by atoms with Crippen LogP contribution >= 0.6 is 11.8 Å². The van der Waals surface area contributed by atoms with Gasteiger partial charge in [0.05, 0.1) is 0 Å². The first kappa shape index (κ1) is 13.6. The van der Waals surface area contributed by atoms with Crippen molar-refractivity contribution in [2.24, 2.45) is 11.8 Å². The molecule has 0 amide bonds. The summed E-state index contributed by atoms with van der Waals surface area (Å²) in [4.78, 5) is 0. The molecular formula is C15H24S. The van der Waals surface area contributed by atoms with Gasteiger partial charge in [-0.1, -0.05) is 45.0 Å². The van der Waals surface area contributed by atoms with Crippen LogP contribution in [0, 0.1) is 11.8 Å². The molecule has 0 spiro atoms. The van der Waals surface area contributed by atoms with E-state index in [1.165, 1.54) is 29.7 Å². The summed E-state index contributed by atoms with van der Waals surface area (Å²) in [5, 5.41) is 0. The zero-order chi connectivity index (χ0) is 12.0. The van der Waals surface area contributed by atoms with Crippen molar-refractivity contribution in [1.82, 2.24) is 0 Å². The van der Waals surface area contributed by atoms with Crippen molar-refractivity contribution in [2.45, 2.75) is 33.6 Å². The van der Waals surface area contributed by atoms with Crippen LogP contribution in [0.15, 0.2) is 24.3 Å². The van der Waals surface area contributed by atoms with Gasteiger partial charge >= 0.3 is 0 Å². The molecule has 0 fully saturated rings. The highest BCUT2D eigenvalue weighted by Gasteiger charge is 2.04. The van der Waals surface area contributed by atoms with E-state index >= 15 is 0 Å². The Morgan fingerprint density at radius 2 is 1.69 bits per heavy atom. The number of benzene rings is 1. The highest BCUT2D eigenvalue weighted by Crippen LogP contribution is 2.15. The van der Waals surface area contributed by atoms with Crippen molar-refractivity contribution in [2.75, 3.05) is 12.0 Å². The van der Waals surface area contributed by atoms with Crippen molar-refractivity contribution >= 4 is 11.8 Å². The lowest BCUT2D eigenvalue weighted by Crippen LogP contribution is -2.03. The highest BCUT2D eigenvalue weighted by molar-refractivity contribution is 7.98. The summed E-state index contributed by atoms with van der Waals surface area (Å²) >= 11 is 1.94. The van der Waals surface area contributed by atoms with Crippen LogP contribution in [0.3, 0.4) is 0 Å². The summed E-state index contributed by atoms with van der Waals surface area (Å²) in [5.74, 6) is 2.79. The predicted octanol–water partition coefficient (Wildman–Crippen LogP) is 4.43. The van der Waals surface area contributed by atoms with Crippen molar-refractivity contribution in [3.05, 3.63) is 35.4 Å². The molecule has 1 unspecified atom stereocenters. The highest BCUT2D eigenvalue weighted by atomic mass is 32.2. The Morgan fingerprint density at radius 3 is 2.25 bits per heavy atom. The Labute approximate surface area is 105 Å². The van der Waals surface area contributed by atoms with E-state index in [1.807, 2.05) is 11.8 Å². The topological polar surface area (TPSA) is 0 Å². The molecule has 1 atom stereocenters. The second-order valence-electron chi connectivity index (χ2n) is 5.18. The van der Waals surface area contributed by atoms with Gasteiger partial charge in [-0.3, -0.25) is 0 Å². The molecule has 90 valence electrons. The maximum absolute atomic E-state index is 2.39. The maximum Gasteiger partial charge on any atom is -0.00414 e. The summed E-state index contributed by atoms with van der Waals surface area (Å²) in [6.45, 7) is 6.90. The van der Waals surface area contributed by atoms with Crippen molar-refractivity contribution in [3.8, 4) is 0 Å². The van der Waals surface area contributed by atoms with Gasteiger partial charge in [-0.25, -0.2) is 0 Å². The molecule has 0 bridgehead atoms. The molecule has 1 aromatic rings. The standard InChI is InChI=1S/C15H24S/c1-12(2)8-14-6-5-7-15(10-14)9-13(3)11-16-4/h5-7,10,12-13H,8-9,11H2,1-4H3. The average molecular weight is 236 g/mol. The number of thioether (sulfide) groups is 1. The third-order valence-electron chi connectivity index (χ3n) is 2.67. The molecule has 0 aliphatic heterocycles. The molecule has 0 saturated carbocycles. The van der Waals surface area contributed by atoms with Crippen LogP contribution in [-0.4, -0.2) is 12.0 Å². The second-order valence-corrected chi connectivity index (χ2v) is 6.09. The second kappa shape index (κ2) is 7.01. The molecule has 16 heavy (non-hydrogen) atoms. The van der Waals surface area contributed by atoms with Crippen LogP contribution in [0.25, 0.3) is 0 Å². The van der Waals surface area contributed by atoms with Crippen LogP contribution in [0.5, 0.6) is 0 Å². The van der Waals surface area contributed by atoms with Crippen LogP contribution in [0.4, 0.5) is 0 Å². The van der Waals surface area contributed by atoms with Gasteiger partial charge in [0.25, 0.3) is 0 Å². The summed E-state index contributed by atoms with van der Waals surface area (Å²) in [5.41, 5.74) is 2.99. The SMILES string of the molecule is CSCC(C)Cc1cccc(CC(C)C)c1. The molecule has 0 nitrogen and oxygen atoms in total. The van der Waals surface area contributed by atoms with Crippen molar-refractivity contribution in [1.29, 1.82) is 0 Å². The van der Waals surface area contributed by atoms with Gasteiger partial charge in [-0.05, 0) is 47.8 Å². The Morgan fingerprint density at radius 1 is 1.06 bits per heavy atom. The molecule has 0 radical (unpaired) electrons. The van der Waals surface area contributed by atoms with Gasteiger partial charge in [0.1, 0.15) is 0 Å². The van der Waals surface area contributed by atoms with Crippen molar-refractivity contribution in [3.63, 3.8) is 0 Å². The van der Waals surface area contributed by atoms with E-state index in [1.54, 1.807) is 0 Å². The zero-order valence-electron chi connectivity index (χ0n) is 11.0. The Bertz CT molecular complexity index is 304. The Balaban J connectivity index is 2.59. The van der Waals surface area contributed by atoms with E-state index in [0.717, 1.165) is 11.8 Å². The minimum Gasteiger partial charge on any atom is -0.165 e. The van der Waals surface area contributed by atoms with Crippen molar-refractivity contribution < 1.29 is 0 Å². The van der Waals surface area contributed by atoms with Crippen LogP contribution in [0.2, 0.25) is 0 Å². The fraction of sp³-hybridized carbons (Fsp3) is 0.600. The Hall–Kier alpha value is -0.430. The molecule has 0 aromatic heterocycles. The first-order valence-corrected chi connectivity index (χ1v) is 7.58. The third kappa shape index (κ3) is 5.07. The minimum absolute atomic E-state index is 0.749. The summed E-state index contributed by atoms with van der Waals surface area (Å²) < 4.78 is 0.